The Balaban J connectivity index is 1.38. The summed E-state index contributed by atoms with van der Waals surface area (Å²) in [6.07, 6.45) is 4.84. The Bertz CT molecular complexity index is 779. The predicted octanol–water partition coefficient (Wildman–Crippen LogP) is 3.35. The Morgan fingerprint density at radius 1 is 1.12 bits per heavy atom. The lowest BCUT2D eigenvalue weighted by Gasteiger charge is -2.08. The molecule has 1 heterocycles. The minimum Gasteiger partial charge on any atom is -0.350 e. The molecule has 0 radical (unpaired) electrons. The molecule has 0 atom stereocenters. The van der Waals surface area contributed by atoms with Crippen LogP contribution in [0.3, 0.4) is 0 Å². The van der Waals surface area contributed by atoms with Crippen molar-refractivity contribution in [3.63, 3.8) is 0 Å². The number of rotatable bonds is 6. The van der Waals surface area contributed by atoms with E-state index in [0.29, 0.717) is 24.9 Å². The molecule has 126 valence electrons. The van der Waals surface area contributed by atoms with E-state index in [4.69, 9.17) is 0 Å². The molecule has 4 nitrogen and oxygen atoms in total. The normalized spacial score (nSPS) is 17.1. The van der Waals surface area contributed by atoms with Crippen LogP contribution in [0.2, 0.25) is 0 Å². The van der Waals surface area contributed by atoms with Crippen LogP contribution in [0.15, 0.2) is 24.3 Å². The van der Waals surface area contributed by atoms with Crippen LogP contribution >= 0.6 is 0 Å². The van der Waals surface area contributed by atoms with Crippen molar-refractivity contribution in [2.45, 2.75) is 44.1 Å². The lowest BCUT2D eigenvalue weighted by Crippen LogP contribution is -2.28. The third kappa shape index (κ3) is 3.18. The number of hydrogen-bond donors (Lipinski definition) is 1. The van der Waals surface area contributed by atoms with Gasteiger partial charge in [-0.05, 0) is 49.9 Å². The van der Waals surface area contributed by atoms with E-state index in [9.17, 15) is 13.6 Å². The van der Waals surface area contributed by atoms with E-state index < -0.39 is 17.5 Å². The van der Waals surface area contributed by atoms with Gasteiger partial charge in [0.25, 0.3) is 5.91 Å². The van der Waals surface area contributed by atoms with Gasteiger partial charge >= 0.3 is 0 Å². The van der Waals surface area contributed by atoms with E-state index in [0.717, 1.165) is 12.1 Å². The summed E-state index contributed by atoms with van der Waals surface area (Å²) >= 11 is 0. The van der Waals surface area contributed by atoms with Gasteiger partial charge in [-0.15, -0.1) is 0 Å². The number of hydrogen-bond acceptors (Lipinski definition) is 2. The average Bonchev–Trinajstić information content (AvgIpc) is 3.48. The SMILES string of the molecule is O=C(NCCn1nc(C2CC2)cc1C1CC1)c1ccc(F)c(F)c1. The second-order valence-electron chi connectivity index (χ2n) is 6.65. The molecule has 0 unspecified atom stereocenters. The maximum atomic E-state index is 13.2. The van der Waals surface area contributed by atoms with E-state index in [-0.39, 0.29) is 5.56 Å². The zero-order chi connectivity index (χ0) is 16.7. The fourth-order valence-corrected chi connectivity index (χ4v) is 2.93. The first-order valence-corrected chi connectivity index (χ1v) is 8.42. The Hall–Kier alpha value is -2.24. The zero-order valence-electron chi connectivity index (χ0n) is 13.3. The van der Waals surface area contributed by atoms with Crippen molar-refractivity contribution in [1.82, 2.24) is 15.1 Å². The summed E-state index contributed by atoms with van der Waals surface area (Å²) in [7, 11) is 0. The topological polar surface area (TPSA) is 46.9 Å². The molecule has 2 saturated carbocycles. The van der Waals surface area contributed by atoms with Crippen LogP contribution < -0.4 is 5.32 Å². The Morgan fingerprint density at radius 3 is 2.54 bits per heavy atom. The van der Waals surface area contributed by atoms with E-state index in [1.165, 1.54) is 43.1 Å². The van der Waals surface area contributed by atoms with E-state index in [2.05, 4.69) is 16.5 Å². The minimum absolute atomic E-state index is 0.121. The quantitative estimate of drug-likeness (QED) is 0.882. The third-order valence-corrected chi connectivity index (χ3v) is 4.61. The van der Waals surface area contributed by atoms with Gasteiger partial charge in [0, 0.05) is 29.6 Å². The minimum atomic E-state index is -1.01. The molecule has 6 heteroatoms. The molecule has 0 spiro atoms. The number of nitrogens with one attached hydrogen (secondary N) is 1. The number of carbonyl (C=O) groups excluding carboxylic acids is 1. The van der Waals surface area contributed by atoms with Gasteiger partial charge < -0.3 is 5.32 Å². The first-order valence-electron chi connectivity index (χ1n) is 8.42. The third-order valence-electron chi connectivity index (χ3n) is 4.61. The smallest absolute Gasteiger partial charge is 0.251 e. The van der Waals surface area contributed by atoms with Gasteiger partial charge in [-0.2, -0.15) is 5.10 Å². The van der Waals surface area contributed by atoms with Crippen LogP contribution in [-0.4, -0.2) is 22.2 Å². The largest absolute Gasteiger partial charge is 0.350 e. The highest BCUT2D eigenvalue weighted by Gasteiger charge is 2.32. The van der Waals surface area contributed by atoms with Crippen molar-refractivity contribution in [2.24, 2.45) is 0 Å². The van der Waals surface area contributed by atoms with Gasteiger partial charge in [-0.1, -0.05) is 0 Å². The Kier molecular flexibility index (Phi) is 3.82. The van der Waals surface area contributed by atoms with Crippen LogP contribution in [0.25, 0.3) is 0 Å². The molecule has 2 aliphatic rings. The molecule has 0 bridgehead atoms. The highest BCUT2D eigenvalue weighted by molar-refractivity contribution is 5.94. The molecule has 1 amide bonds. The van der Waals surface area contributed by atoms with Crippen molar-refractivity contribution in [3.8, 4) is 0 Å². The summed E-state index contributed by atoms with van der Waals surface area (Å²) in [4.78, 5) is 12.0. The number of carbonyl (C=O) groups is 1. The summed E-state index contributed by atoms with van der Waals surface area (Å²) in [5, 5.41) is 7.43. The molecule has 1 aromatic carbocycles. The molecule has 2 aromatic rings. The van der Waals surface area contributed by atoms with Crippen LogP contribution in [0.1, 0.15) is 59.3 Å². The molecule has 24 heavy (non-hydrogen) atoms. The van der Waals surface area contributed by atoms with Gasteiger partial charge in [0.15, 0.2) is 11.6 Å². The molecule has 0 aliphatic heterocycles. The second kappa shape index (κ2) is 6.00. The van der Waals surface area contributed by atoms with Gasteiger partial charge in [-0.3, -0.25) is 9.48 Å². The van der Waals surface area contributed by atoms with Gasteiger partial charge in [0.2, 0.25) is 0 Å². The van der Waals surface area contributed by atoms with Crippen molar-refractivity contribution < 1.29 is 13.6 Å². The molecular weight excluding hydrogens is 312 g/mol. The molecule has 2 fully saturated rings. The lowest BCUT2D eigenvalue weighted by atomic mass is 10.2. The van der Waals surface area contributed by atoms with Crippen molar-refractivity contribution in [1.29, 1.82) is 0 Å². The van der Waals surface area contributed by atoms with Crippen molar-refractivity contribution in [2.75, 3.05) is 6.54 Å². The highest BCUT2D eigenvalue weighted by Crippen LogP contribution is 2.44. The lowest BCUT2D eigenvalue weighted by molar-refractivity contribution is 0.0951. The van der Waals surface area contributed by atoms with Gasteiger partial charge in [0.1, 0.15) is 0 Å². The Labute approximate surface area is 138 Å². The second-order valence-corrected chi connectivity index (χ2v) is 6.65. The van der Waals surface area contributed by atoms with Crippen molar-refractivity contribution >= 4 is 5.91 Å². The summed E-state index contributed by atoms with van der Waals surface area (Å²) in [6.45, 7) is 0.997. The fraction of sp³-hybridized carbons (Fsp3) is 0.444. The van der Waals surface area contributed by atoms with E-state index in [1.807, 2.05) is 4.68 Å². The number of halogens is 2. The number of benzene rings is 1. The Morgan fingerprint density at radius 2 is 1.88 bits per heavy atom. The van der Waals surface area contributed by atoms with Crippen molar-refractivity contribution in [3.05, 3.63) is 52.9 Å². The summed E-state index contributed by atoms with van der Waals surface area (Å²) < 4.78 is 28.1. The maximum absolute atomic E-state index is 13.2. The standard InChI is InChI=1S/C18H19F2N3O/c19-14-6-5-13(9-15(14)20)18(24)21-7-8-23-17(12-3-4-12)10-16(22-23)11-1-2-11/h5-6,9-12H,1-4,7-8H2,(H,21,24). The predicted molar refractivity (Wildman–Crippen MR) is 84.9 cm³/mol. The van der Waals surface area contributed by atoms with Crippen LogP contribution in [0.5, 0.6) is 0 Å². The van der Waals surface area contributed by atoms with Crippen LogP contribution in [0.4, 0.5) is 8.78 Å². The fourth-order valence-electron chi connectivity index (χ4n) is 2.93. The molecule has 1 N–H and O–H groups in total. The first kappa shape index (κ1) is 15.3. The van der Waals surface area contributed by atoms with Crippen LogP contribution in [0, 0.1) is 11.6 Å². The molecule has 1 aromatic heterocycles. The van der Waals surface area contributed by atoms with E-state index in [1.54, 1.807) is 0 Å². The number of aromatic nitrogens is 2. The zero-order valence-corrected chi connectivity index (χ0v) is 13.3. The summed E-state index contributed by atoms with van der Waals surface area (Å²) in [6, 6.07) is 5.37. The molecule has 0 saturated heterocycles. The summed E-state index contributed by atoms with van der Waals surface area (Å²) in [5.74, 6) is -1.16. The number of nitrogens with zero attached hydrogens (tertiary/aromatic N) is 2. The molecule has 2 aliphatic carbocycles. The number of amides is 1. The van der Waals surface area contributed by atoms with Gasteiger partial charge in [0.05, 0.1) is 12.2 Å². The van der Waals surface area contributed by atoms with Crippen LogP contribution in [-0.2, 0) is 6.54 Å². The van der Waals surface area contributed by atoms with E-state index >= 15 is 0 Å². The monoisotopic (exact) mass is 331 g/mol. The molecule has 4 rings (SSSR count). The summed E-state index contributed by atoms with van der Waals surface area (Å²) in [5.41, 5.74) is 2.55. The molecular formula is C18H19F2N3O. The van der Waals surface area contributed by atoms with Gasteiger partial charge in [-0.25, -0.2) is 8.78 Å². The first-order chi connectivity index (χ1) is 11.6. The maximum Gasteiger partial charge on any atom is 0.251 e. The average molecular weight is 331 g/mol. The highest BCUT2D eigenvalue weighted by atomic mass is 19.2.